The Bertz CT molecular complexity index is 120. The molecular formula is C11H26N2O. The Morgan fingerprint density at radius 1 is 1.36 bits per heavy atom. The lowest BCUT2D eigenvalue weighted by molar-refractivity contribution is 0.186. The third-order valence-electron chi connectivity index (χ3n) is 2.61. The van der Waals surface area contributed by atoms with Gasteiger partial charge in [0.15, 0.2) is 0 Å². The van der Waals surface area contributed by atoms with Gasteiger partial charge in [-0.15, -0.1) is 0 Å². The van der Waals surface area contributed by atoms with Gasteiger partial charge < -0.3 is 4.74 Å². The van der Waals surface area contributed by atoms with Crippen LogP contribution in [0.15, 0.2) is 0 Å². The van der Waals surface area contributed by atoms with E-state index in [1.54, 1.807) is 7.11 Å². The predicted octanol–water partition coefficient (Wildman–Crippen LogP) is 2.07. The topological polar surface area (TPSA) is 47.3 Å². The molecule has 2 atom stereocenters. The van der Waals surface area contributed by atoms with Gasteiger partial charge in [0.05, 0.1) is 0 Å². The van der Waals surface area contributed by atoms with Gasteiger partial charge in [-0.2, -0.15) is 0 Å². The summed E-state index contributed by atoms with van der Waals surface area (Å²) in [5.41, 5.74) is 2.89. The zero-order valence-electron chi connectivity index (χ0n) is 9.88. The van der Waals surface area contributed by atoms with Gasteiger partial charge in [-0.3, -0.25) is 11.3 Å². The van der Waals surface area contributed by atoms with Crippen LogP contribution < -0.4 is 11.3 Å². The Labute approximate surface area is 88.4 Å². The third kappa shape index (κ3) is 7.30. The first kappa shape index (κ1) is 13.9. The molecule has 0 aliphatic carbocycles. The van der Waals surface area contributed by atoms with Crippen molar-refractivity contribution in [2.75, 3.05) is 13.7 Å². The smallest absolute Gasteiger partial charge is 0.0462 e. The van der Waals surface area contributed by atoms with Gasteiger partial charge in [-0.25, -0.2) is 0 Å². The van der Waals surface area contributed by atoms with Crippen LogP contribution in [0.2, 0.25) is 0 Å². The van der Waals surface area contributed by atoms with Gasteiger partial charge in [0, 0.05) is 19.8 Å². The van der Waals surface area contributed by atoms with E-state index in [-0.39, 0.29) is 0 Å². The van der Waals surface area contributed by atoms with Crippen molar-refractivity contribution in [2.24, 2.45) is 11.8 Å². The minimum atomic E-state index is 0.451. The molecule has 86 valence electrons. The number of rotatable bonds is 9. The molecule has 0 heterocycles. The minimum Gasteiger partial charge on any atom is -0.385 e. The fraction of sp³-hybridized carbons (Fsp3) is 1.00. The van der Waals surface area contributed by atoms with Crippen molar-refractivity contribution in [2.45, 2.75) is 52.0 Å². The van der Waals surface area contributed by atoms with Crippen molar-refractivity contribution in [1.82, 2.24) is 5.43 Å². The second kappa shape index (κ2) is 9.44. The Balaban J connectivity index is 3.55. The van der Waals surface area contributed by atoms with Crippen molar-refractivity contribution in [3.05, 3.63) is 0 Å². The lowest BCUT2D eigenvalue weighted by atomic mass is 9.95. The van der Waals surface area contributed by atoms with Gasteiger partial charge in [0.2, 0.25) is 0 Å². The molecule has 0 amide bonds. The highest BCUT2D eigenvalue weighted by Crippen LogP contribution is 2.14. The Morgan fingerprint density at radius 2 is 2.07 bits per heavy atom. The fourth-order valence-corrected chi connectivity index (χ4v) is 1.84. The number of nitrogens with one attached hydrogen (secondary N) is 1. The van der Waals surface area contributed by atoms with Crippen molar-refractivity contribution in [3.63, 3.8) is 0 Å². The van der Waals surface area contributed by atoms with Gasteiger partial charge in [0.1, 0.15) is 0 Å². The standard InChI is InChI=1S/C11H26N2O/c1-4-6-10(2)9-11(13-12)7-5-8-14-3/h10-11,13H,4-9,12H2,1-3H3. The van der Waals surface area contributed by atoms with Crippen LogP contribution >= 0.6 is 0 Å². The molecule has 0 aliphatic heterocycles. The summed E-state index contributed by atoms with van der Waals surface area (Å²) in [6, 6.07) is 0.451. The van der Waals surface area contributed by atoms with Crippen LogP contribution in [0.4, 0.5) is 0 Å². The molecule has 0 fully saturated rings. The molecule has 0 rings (SSSR count). The number of ether oxygens (including phenoxy) is 1. The summed E-state index contributed by atoms with van der Waals surface area (Å²) < 4.78 is 5.02. The fourth-order valence-electron chi connectivity index (χ4n) is 1.84. The summed E-state index contributed by atoms with van der Waals surface area (Å²) in [6.45, 7) is 5.36. The molecule has 0 radical (unpaired) electrons. The Morgan fingerprint density at radius 3 is 2.57 bits per heavy atom. The summed E-state index contributed by atoms with van der Waals surface area (Å²) in [6.07, 6.45) is 5.93. The highest BCUT2D eigenvalue weighted by molar-refractivity contribution is 4.67. The second-order valence-corrected chi connectivity index (χ2v) is 4.13. The van der Waals surface area contributed by atoms with Crippen LogP contribution in [0.5, 0.6) is 0 Å². The van der Waals surface area contributed by atoms with Gasteiger partial charge >= 0.3 is 0 Å². The van der Waals surface area contributed by atoms with Gasteiger partial charge in [-0.1, -0.05) is 26.7 Å². The lowest BCUT2D eigenvalue weighted by Crippen LogP contribution is -2.36. The molecule has 0 saturated heterocycles. The molecule has 0 bridgehead atoms. The molecule has 14 heavy (non-hydrogen) atoms. The summed E-state index contributed by atoms with van der Waals surface area (Å²) in [7, 11) is 1.74. The molecule has 0 aromatic rings. The van der Waals surface area contributed by atoms with E-state index in [1.165, 1.54) is 19.3 Å². The van der Waals surface area contributed by atoms with Crippen molar-refractivity contribution in [3.8, 4) is 0 Å². The first-order chi connectivity index (χ1) is 6.74. The van der Waals surface area contributed by atoms with E-state index >= 15 is 0 Å². The zero-order chi connectivity index (χ0) is 10.8. The van der Waals surface area contributed by atoms with E-state index < -0.39 is 0 Å². The van der Waals surface area contributed by atoms with Crippen molar-refractivity contribution < 1.29 is 4.74 Å². The van der Waals surface area contributed by atoms with Crippen LogP contribution in [0.1, 0.15) is 46.0 Å². The van der Waals surface area contributed by atoms with E-state index in [9.17, 15) is 0 Å². The van der Waals surface area contributed by atoms with E-state index in [4.69, 9.17) is 10.6 Å². The molecule has 0 spiro atoms. The van der Waals surface area contributed by atoms with Crippen molar-refractivity contribution >= 4 is 0 Å². The maximum Gasteiger partial charge on any atom is 0.0462 e. The normalized spacial score (nSPS) is 15.4. The minimum absolute atomic E-state index is 0.451. The molecule has 0 aromatic carbocycles. The van der Waals surface area contributed by atoms with Crippen LogP contribution in [0.25, 0.3) is 0 Å². The summed E-state index contributed by atoms with van der Waals surface area (Å²) in [5.74, 6) is 6.28. The number of methoxy groups -OCH3 is 1. The number of nitrogens with two attached hydrogens (primary N) is 1. The molecule has 0 aromatic heterocycles. The average Bonchev–Trinajstić information content (AvgIpc) is 2.17. The first-order valence-electron chi connectivity index (χ1n) is 5.69. The van der Waals surface area contributed by atoms with E-state index in [0.717, 1.165) is 25.4 Å². The monoisotopic (exact) mass is 202 g/mol. The SMILES string of the molecule is CCCC(C)CC(CCCOC)NN. The van der Waals surface area contributed by atoms with Gasteiger partial charge in [0.25, 0.3) is 0 Å². The largest absolute Gasteiger partial charge is 0.385 e. The number of hydrogen-bond acceptors (Lipinski definition) is 3. The van der Waals surface area contributed by atoms with E-state index in [1.807, 2.05) is 0 Å². The van der Waals surface area contributed by atoms with Gasteiger partial charge in [-0.05, 0) is 25.2 Å². The average molecular weight is 202 g/mol. The molecule has 3 N–H and O–H groups in total. The van der Waals surface area contributed by atoms with Crippen LogP contribution in [-0.2, 0) is 4.74 Å². The molecule has 3 heteroatoms. The lowest BCUT2D eigenvalue weighted by Gasteiger charge is -2.19. The third-order valence-corrected chi connectivity index (χ3v) is 2.61. The first-order valence-corrected chi connectivity index (χ1v) is 5.69. The Kier molecular flexibility index (Phi) is 9.35. The van der Waals surface area contributed by atoms with Crippen LogP contribution in [-0.4, -0.2) is 19.8 Å². The molecule has 0 saturated carbocycles. The van der Waals surface area contributed by atoms with Crippen LogP contribution in [0.3, 0.4) is 0 Å². The highest BCUT2D eigenvalue weighted by atomic mass is 16.5. The number of hydrazine groups is 1. The summed E-state index contributed by atoms with van der Waals surface area (Å²) in [5, 5.41) is 0. The molecule has 3 nitrogen and oxygen atoms in total. The van der Waals surface area contributed by atoms with Crippen LogP contribution in [0, 0.1) is 5.92 Å². The van der Waals surface area contributed by atoms with Crippen molar-refractivity contribution in [1.29, 1.82) is 0 Å². The predicted molar refractivity (Wildman–Crippen MR) is 60.9 cm³/mol. The molecule has 0 aliphatic rings. The quantitative estimate of drug-likeness (QED) is 0.342. The summed E-state index contributed by atoms with van der Waals surface area (Å²) in [4.78, 5) is 0. The summed E-state index contributed by atoms with van der Waals surface area (Å²) >= 11 is 0. The van der Waals surface area contributed by atoms with E-state index in [2.05, 4.69) is 19.3 Å². The highest BCUT2D eigenvalue weighted by Gasteiger charge is 2.10. The maximum absolute atomic E-state index is 5.51. The molecular weight excluding hydrogens is 176 g/mol. The molecule has 2 unspecified atom stereocenters. The maximum atomic E-state index is 5.51. The zero-order valence-corrected chi connectivity index (χ0v) is 9.88. The number of hydrogen-bond donors (Lipinski definition) is 2. The second-order valence-electron chi connectivity index (χ2n) is 4.13. The van der Waals surface area contributed by atoms with E-state index in [0.29, 0.717) is 6.04 Å². The Hall–Kier alpha value is -0.120.